The fourth-order valence-electron chi connectivity index (χ4n) is 3.71. The number of hydrogen-bond donors (Lipinski definition) is 6. The van der Waals surface area contributed by atoms with Crippen LogP contribution in [0.4, 0.5) is 0 Å². The van der Waals surface area contributed by atoms with Crippen LogP contribution >= 0.6 is 0 Å². The quantitative estimate of drug-likeness (QED) is 0.136. The zero-order valence-corrected chi connectivity index (χ0v) is 21.7. The maximum atomic E-state index is 13.1. The van der Waals surface area contributed by atoms with Gasteiger partial charge in [-0.05, 0) is 29.5 Å². The maximum absolute atomic E-state index is 13.1. The molecule has 0 aliphatic carbocycles. The number of rotatable bonds is 14. The summed E-state index contributed by atoms with van der Waals surface area (Å²) in [6.07, 6.45) is 0.875. The monoisotopic (exact) mass is 535 g/mol. The highest BCUT2D eigenvalue weighted by atomic mass is 32.2. The van der Waals surface area contributed by atoms with Crippen molar-refractivity contribution in [2.75, 3.05) is 6.61 Å². The van der Waals surface area contributed by atoms with E-state index in [1.807, 2.05) is 60.7 Å². The summed E-state index contributed by atoms with van der Waals surface area (Å²) in [6, 6.07) is 23.7. The van der Waals surface area contributed by atoms with Crippen molar-refractivity contribution in [3.8, 4) is 0 Å². The summed E-state index contributed by atoms with van der Waals surface area (Å²) >= 11 is 0. The van der Waals surface area contributed by atoms with Gasteiger partial charge in [0, 0.05) is 12.1 Å². The van der Waals surface area contributed by atoms with Gasteiger partial charge in [-0.25, -0.2) is 8.93 Å². The molecule has 2 unspecified atom stereocenters. The Kier molecular flexibility index (Phi) is 11.2. The summed E-state index contributed by atoms with van der Waals surface area (Å²) < 4.78 is 15.2. The molecular formula is C28H33N5O4S. The van der Waals surface area contributed by atoms with Gasteiger partial charge in [0.15, 0.2) is 0 Å². The van der Waals surface area contributed by atoms with Gasteiger partial charge in [-0.15, -0.1) is 0 Å². The number of carbonyl (C=O) groups is 2. The summed E-state index contributed by atoms with van der Waals surface area (Å²) in [5.41, 5.74) is 8.72. The molecular weight excluding hydrogens is 502 g/mol. The molecule has 0 fully saturated rings. The molecule has 0 radical (unpaired) electrons. The van der Waals surface area contributed by atoms with Gasteiger partial charge in [0.1, 0.15) is 17.9 Å². The van der Waals surface area contributed by atoms with Crippen molar-refractivity contribution in [2.24, 2.45) is 5.73 Å². The molecule has 3 aromatic rings. The van der Waals surface area contributed by atoms with Crippen molar-refractivity contribution in [2.45, 2.75) is 37.2 Å². The van der Waals surface area contributed by atoms with Gasteiger partial charge in [0.25, 0.3) is 0 Å². The summed E-state index contributed by atoms with van der Waals surface area (Å²) in [4.78, 5) is 26.1. The summed E-state index contributed by atoms with van der Waals surface area (Å²) in [6.45, 7) is -0.362. The number of nitrogens with two attached hydrogens (primary N) is 1. The second kappa shape index (κ2) is 14.8. The molecule has 0 saturated heterocycles. The molecule has 2 amide bonds. The number of amides is 2. The Morgan fingerprint density at radius 2 is 1.45 bits per heavy atom. The average molecular weight is 536 g/mol. The third kappa shape index (κ3) is 9.22. The highest BCUT2D eigenvalue weighted by Crippen LogP contribution is 2.08. The Labute approximate surface area is 224 Å². The van der Waals surface area contributed by atoms with Crippen LogP contribution in [0.5, 0.6) is 0 Å². The smallest absolute Gasteiger partial charge is 0.242 e. The SMILES string of the molecule is N=C(N)c1ccc(CNC(=O)[C@H](CCc2ccccc2)NC(=O)C(CO)NS(=O)Cc2ccccc2)cc1. The minimum atomic E-state index is -1.61. The van der Waals surface area contributed by atoms with Crippen LogP contribution in [0.25, 0.3) is 0 Å². The van der Waals surface area contributed by atoms with Crippen LogP contribution < -0.4 is 21.1 Å². The van der Waals surface area contributed by atoms with Crippen LogP contribution in [-0.2, 0) is 39.3 Å². The van der Waals surface area contributed by atoms with Crippen LogP contribution in [0.2, 0.25) is 0 Å². The van der Waals surface area contributed by atoms with Crippen molar-refractivity contribution in [1.29, 1.82) is 5.41 Å². The number of aryl methyl sites for hydroxylation is 1. The van der Waals surface area contributed by atoms with Crippen molar-refractivity contribution in [3.05, 3.63) is 107 Å². The van der Waals surface area contributed by atoms with Crippen molar-refractivity contribution < 1.29 is 18.9 Å². The van der Waals surface area contributed by atoms with E-state index in [1.54, 1.807) is 24.3 Å². The Balaban J connectivity index is 1.63. The second-order valence-electron chi connectivity index (χ2n) is 8.74. The molecule has 0 bridgehead atoms. The summed E-state index contributed by atoms with van der Waals surface area (Å²) in [5, 5.41) is 22.8. The van der Waals surface area contributed by atoms with Crippen LogP contribution in [0.15, 0.2) is 84.9 Å². The lowest BCUT2D eigenvalue weighted by Crippen LogP contribution is -2.54. The number of aliphatic hydroxyl groups excluding tert-OH is 1. The molecule has 3 rings (SSSR count). The number of nitrogen functional groups attached to an aromatic ring is 1. The highest BCUT2D eigenvalue weighted by Gasteiger charge is 2.26. The van der Waals surface area contributed by atoms with Crippen LogP contribution in [-0.4, -0.2) is 45.7 Å². The first-order valence-corrected chi connectivity index (χ1v) is 13.5. The second-order valence-corrected chi connectivity index (χ2v) is 9.96. The molecule has 7 N–H and O–H groups in total. The Bertz CT molecular complexity index is 1220. The number of amidine groups is 1. The molecule has 0 saturated carbocycles. The van der Waals surface area contributed by atoms with E-state index >= 15 is 0 Å². The molecule has 38 heavy (non-hydrogen) atoms. The third-order valence-corrected chi connectivity index (χ3v) is 6.99. The van der Waals surface area contributed by atoms with Crippen molar-refractivity contribution in [1.82, 2.24) is 15.4 Å². The fourth-order valence-corrected chi connectivity index (χ4v) is 4.79. The van der Waals surface area contributed by atoms with Gasteiger partial charge in [-0.2, -0.15) is 0 Å². The lowest BCUT2D eigenvalue weighted by Gasteiger charge is -2.22. The lowest BCUT2D eigenvalue weighted by molar-refractivity contribution is -0.130. The van der Waals surface area contributed by atoms with Crippen molar-refractivity contribution in [3.63, 3.8) is 0 Å². The van der Waals surface area contributed by atoms with Gasteiger partial charge >= 0.3 is 0 Å². The zero-order chi connectivity index (χ0) is 27.3. The lowest BCUT2D eigenvalue weighted by atomic mass is 10.0. The standard InChI is InChI=1S/C28H33N5O4S/c29-26(30)23-14-11-21(12-15-23)17-31-27(35)24(16-13-20-7-3-1-4-8-20)32-28(36)25(18-34)33-38(37)19-22-9-5-2-6-10-22/h1-12,14-15,24-25,33-34H,13,16-19H2,(H3,29,30)(H,31,35)(H,32,36)/t24-,25?,38?/m0/s1. The Hall–Kier alpha value is -3.86. The minimum absolute atomic E-state index is 0.0407. The predicted molar refractivity (Wildman–Crippen MR) is 148 cm³/mol. The van der Waals surface area contributed by atoms with Crippen LogP contribution in [0, 0.1) is 5.41 Å². The number of hydrogen-bond acceptors (Lipinski definition) is 5. The molecule has 200 valence electrons. The number of aliphatic hydroxyl groups is 1. The topological polar surface area (TPSA) is 157 Å². The molecule has 10 heteroatoms. The molecule has 0 aliphatic heterocycles. The van der Waals surface area contributed by atoms with E-state index in [0.29, 0.717) is 18.4 Å². The fraction of sp³-hybridized carbons (Fsp3) is 0.250. The summed E-state index contributed by atoms with van der Waals surface area (Å²) in [5.74, 6) is -0.869. The zero-order valence-electron chi connectivity index (χ0n) is 20.9. The molecule has 0 spiro atoms. The first kappa shape index (κ1) is 28.7. The maximum Gasteiger partial charge on any atom is 0.242 e. The Morgan fingerprint density at radius 1 is 0.842 bits per heavy atom. The number of benzene rings is 3. The highest BCUT2D eigenvalue weighted by molar-refractivity contribution is 7.82. The van der Waals surface area contributed by atoms with Gasteiger partial charge < -0.3 is 21.5 Å². The van der Waals surface area contributed by atoms with E-state index in [4.69, 9.17) is 11.1 Å². The molecule has 0 aromatic heterocycles. The largest absolute Gasteiger partial charge is 0.394 e. The van der Waals surface area contributed by atoms with Crippen LogP contribution in [0.3, 0.4) is 0 Å². The van der Waals surface area contributed by atoms with Crippen molar-refractivity contribution >= 4 is 28.6 Å². The Morgan fingerprint density at radius 3 is 2.03 bits per heavy atom. The molecule has 0 aliphatic rings. The van der Waals surface area contributed by atoms with E-state index in [-0.39, 0.29) is 24.0 Å². The summed E-state index contributed by atoms with van der Waals surface area (Å²) in [7, 11) is -1.61. The molecule has 3 aromatic carbocycles. The number of carbonyl (C=O) groups excluding carboxylic acids is 2. The molecule has 3 atom stereocenters. The van der Waals surface area contributed by atoms with E-state index in [0.717, 1.165) is 16.7 Å². The first-order chi connectivity index (χ1) is 18.4. The van der Waals surface area contributed by atoms with Crippen LogP contribution in [0.1, 0.15) is 28.7 Å². The van der Waals surface area contributed by atoms with E-state index in [2.05, 4.69) is 15.4 Å². The first-order valence-electron chi connectivity index (χ1n) is 12.2. The van der Waals surface area contributed by atoms with E-state index in [1.165, 1.54) is 0 Å². The third-order valence-electron chi connectivity index (χ3n) is 5.84. The minimum Gasteiger partial charge on any atom is -0.394 e. The predicted octanol–water partition coefficient (Wildman–Crippen LogP) is 1.52. The normalized spacial score (nSPS) is 13.2. The average Bonchev–Trinajstić information content (AvgIpc) is 2.93. The van der Waals surface area contributed by atoms with Gasteiger partial charge in [-0.1, -0.05) is 84.9 Å². The van der Waals surface area contributed by atoms with Gasteiger partial charge in [0.05, 0.1) is 23.3 Å². The number of nitrogens with one attached hydrogen (secondary N) is 4. The molecule has 0 heterocycles. The van der Waals surface area contributed by atoms with E-state index in [9.17, 15) is 18.9 Å². The van der Waals surface area contributed by atoms with E-state index < -0.39 is 35.6 Å². The molecule has 9 nitrogen and oxygen atoms in total. The van der Waals surface area contributed by atoms with Gasteiger partial charge in [-0.3, -0.25) is 15.0 Å². The van der Waals surface area contributed by atoms with Gasteiger partial charge in [0.2, 0.25) is 11.8 Å².